The number of fused-ring (bicyclic) bond motifs is 4. The van der Waals surface area contributed by atoms with Crippen molar-refractivity contribution in [3.05, 3.63) is 48.0 Å². The second-order valence-electron chi connectivity index (χ2n) is 7.82. The number of thiophene rings is 2. The maximum absolute atomic E-state index is 12.6. The van der Waals surface area contributed by atoms with Gasteiger partial charge in [-0.25, -0.2) is 4.98 Å². The molecule has 0 radical (unpaired) electrons. The molecule has 3 N–H and O–H groups in total. The van der Waals surface area contributed by atoms with E-state index in [4.69, 9.17) is 0 Å². The summed E-state index contributed by atoms with van der Waals surface area (Å²) in [5.41, 5.74) is 7.22. The first-order valence-electron chi connectivity index (χ1n) is 10.3. The highest BCUT2D eigenvalue weighted by Crippen LogP contribution is 2.33. The van der Waals surface area contributed by atoms with Gasteiger partial charge in [-0.05, 0) is 62.1 Å². The Balaban J connectivity index is 1.19. The van der Waals surface area contributed by atoms with E-state index in [9.17, 15) is 14.4 Å². The number of H-pyrrole nitrogens is 1. The minimum Gasteiger partial charge on any atom is -0.310 e. The van der Waals surface area contributed by atoms with E-state index in [-0.39, 0.29) is 23.8 Å². The van der Waals surface area contributed by atoms with Crippen molar-refractivity contribution in [2.24, 2.45) is 0 Å². The molecule has 0 bridgehead atoms. The first-order chi connectivity index (χ1) is 14.6. The number of hydrogen-bond acceptors (Lipinski definition) is 6. The van der Waals surface area contributed by atoms with Gasteiger partial charge in [-0.2, -0.15) is 0 Å². The van der Waals surface area contributed by atoms with Crippen molar-refractivity contribution in [1.29, 1.82) is 0 Å². The van der Waals surface area contributed by atoms with E-state index in [0.29, 0.717) is 17.1 Å². The number of carbonyl (C=O) groups excluding carboxylic acids is 2. The van der Waals surface area contributed by atoms with Crippen molar-refractivity contribution in [3.63, 3.8) is 0 Å². The molecule has 0 saturated heterocycles. The lowest BCUT2D eigenvalue weighted by atomic mass is 9.97. The van der Waals surface area contributed by atoms with Crippen LogP contribution in [0.4, 0.5) is 0 Å². The Morgan fingerprint density at radius 1 is 1.03 bits per heavy atom. The van der Waals surface area contributed by atoms with Crippen LogP contribution in [0.25, 0.3) is 10.2 Å². The highest BCUT2D eigenvalue weighted by atomic mass is 32.1. The molecule has 0 spiro atoms. The molecule has 0 atom stereocenters. The Hall–Kier alpha value is -2.52. The second kappa shape index (κ2) is 7.96. The van der Waals surface area contributed by atoms with Crippen molar-refractivity contribution >= 4 is 44.7 Å². The summed E-state index contributed by atoms with van der Waals surface area (Å²) in [4.78, 5) is 48.3. The lowest BCUT2D eigenvalue weighted by Crippen LogP contribution is -2.41. The van der Waals surface area contributed by atoms with Gasteiger partial charge in [0.2, 0.25) is 5.91 Å². The topological polar surface area (TPSA) is 104 Å². The van der Waals surface area contributed by atoms with Crippen molar-refractivity contribution in [3.8, 4) is 0 Å². The third kappa shape index (κ3) is 3.67. The molecule has 3 aromatic heterocycles. The van der Waals surface area contributed by atoms with Crippen LogP contribution in [0.15, 0.2) is 10.9 Å². The number of nitrogens with zero attached hydrogens (tertiary/aromatic N) is 1. The van der Waals surface area contributed by atoms with Gasteiger partial charge in [-0.15, -0.1) is 22.7 Å². The van der Waals surface area contributed by atoms with Crippen LogP contribution in [0.2, 0.25) is 0 Å². The third-order valence-electron chi connectivity index (χ3n) is 5.75. The summed E-state index contributed by atoms with van der Waals surface area (Å²) in [6, 6.07) is 1.92. The van der Waals surface area contributed by atoms with Crippen LogP contribution in [-0.2, 0) is 36.9 Å². The molecule has 2 aliphatic rings. The number of aryl methyl sites for hydroxylation is 5. The Bertz CT molecular complexity index is 1190. The molecular weight excluding hydrogens is 420 g/mol. The molecule has 0 aromatic carbocycles. The smallest absolute Gasteiger partial charge is 0.279 e. The van der Waals surface area contributed by atoms with E-state index in [1.54, 1.807) is 11.3 Å². The van der Waals surface area contributed by atoms with E-state index in [1.807, 2.05) is 6.07 Å². The number of aromatic amines is 1. The standard InChI is InChI=1S/C21H22N4O3S2/c26-17(24-25-19(27)15-10-11-4-3-7-13(11)29-15)9-8-16-22-20(28)18-12-5-1-2-6-14(12)30-21(18)23-16/h10H,1-9H2,(H,24,26)(H,25,27)(H,22,23,28). The second-order valence-corrected chi connectivity index (χ2v) is 10.0. The molecule has 3 aromatic rings. The normalized spacial score (nSPS) is 15.1. The number of hydrogen-bond donors (Lipinski definition) is 3. The van der Waals surface area contributed by atoms with Crippen LogP contribution >= 0.6 is 22.7 Å². The van der Waals surface area contributed by atoms with Gasteiger partial charge in [0.15, 0.2) is 0 Å². The van der Waals surface area contributed by atoms with Crippen molar-refractivity contribution in [2.45, 2.75) is 57.8 Å². The van der Waals surface area contributed by atoms with E-state index in [2.05, 4.69) is 20.8 Å². The van der Waals surface area contributed by atoms with Gasteiger partial charge >= 0.3 is 0 Å². The Morgan fingerprint density at radius 3 is 2.73 bits per heavy atom. The van der Waals surface area contributed by atoms with Gasteiger partial charge in [-0.1, -0.05) is 0 Å². The molecular formula is C21H22N4O3S2. The predicted molar refractivity (Wildman–Crippen MR) is 117 cm³/mol. The van der Waals surface area contributed by atoms with E-state index in [1.165, 1.54) is 26.7 Å². The number of hydrazine groups is 1. The SMILES string of the molecule is O=C(CCc1nc2sc3c(c2c(=O)[nH]1)CCCC3)NNC(=O)c1cc2c(s1)CCC2. The number of carbonyl (C=O) groups is 2. The maximum Gasteiger partial charge on any atom is 0.279 e. The summed E-state index contributed by atoms with van der Waals surface area (Å²) >= 11 is 3.09. The van der Waals surface area contributed by atoms with Crippen LogP contribution in [0.5, 0.6) is 0 Å². The van der Waals surface area contributed by atoms with Crippen LogP contribution in [0, 0.1) is 0 Å². The summed E-state index contributed by atoms with van der Waals surface area (Å²) in [5.74, 6) is -0.109. The van der Waals surface area contributed by atoms with E-state index >= 15 is 0 Å². The minimum atomic E-state index is -0.319. The van der Waals surface area contributed by atoms with Crippen LogP contribution < -0.4 is 16.4 Å². The summed E-state index contributed by atoms with van der Waals surface area (Å²) in [6.07, 6.45) is 7.86. The van der Waals surface area contributed by atoms with Gasteiger partial charge in [0.05, 0.1) is 10.3 Å². The van der Waals surface area contributed by atoms with Crippen molar-refractivity contribution in [2.75, 3.05) is 0 Å². The van der Waals surface area contributed by atoms with Crippen LogP contribution in [0.3, 0.4) is 0 Å². The molecule has 5 rings (SSSR count). The van der Waals surface area contributed by atoms with Gasteiger partial charge in [-0.3, -0.25) is 25.2 Å². The van der Waals surface area contributed by atoms with Crippen LogP contribution in [-0.4, -0.2) is 21.8 Å². The molecule has 3 heterocycles. The molecule has 156 valence electrons. The molecule has 2 aliphatic carbocycles. The fraction of sp³-hybridized carbons (Fsp3) is 0.429. The monoisotopic (exact) mass is 442 g/mol. The fourth-order valence-corrected chi connectivity index (χ4v) is 6.68. The minimum absolute atomic E-state index is 0.117. The van der Waals surface area contributed by atoms with Gasteiger partial charge in [0.25, 0.3) is 11.5 Å². The molecule has 0 fully saturated rings. The van der Waals surface area contributed by atoms with Crippen LogP contribution in [0.1, 0.15) is 62.1 Å². The number of amides is 2. The Morgan fingerprint density at radius 2 is 1.87 bits per heavy atom. The largest absolute Gasteiger partial charge is 0.310 e. The van der Waals surface area contributed by atoms with Gasteiger partial charge in [0.1, 0.15) is 10.7 Å². The average molecular weight is 443 g/mol. The van der Waals surface area contributed by atoms with Gasteiger partial charge < -0.3 is 4.98 Å². The highest BCUT2D eigenvalue weighted by molar-refractivity contribution is 7.18. The molecule has 0 saturated carbocycles. The van der Waals surface area contributed by atoms with Crippen molar-refractivity contribution in [1.82, 2.24) is 20.8 Å². The first-order valence-corrected chi connectivity index (χ1v) is 12.0. The zero-order chi connectivity index (χ0) is 20.7. The van der Waals surface area contributed by atoms with E-state index in [0.717, 1.165) is 60.7 Å². The number of nitrogens with one attached hydrogen (secondary N) is 3. The first kappa shape index (κ1) is 19.4. The molecule has 30 heavy (non-hydrogen) atoms. The summed E-state index contributed by atoms with van der Waals surface area (Å²) in [7, 11) is 0. The number of aromatic nitrogens is 2. The predicted octanol–water partition coefficient (Wildman–Crippen LogP) is 2.81. The van der Waals surface area contributed by atoms with Crippen molar-refractivity contribution < 1.29 is 9.59 Å². The van der Waals surface area contributed by atoms with E-state index < -0.39 is 0 Å². The zero-order valence-electron chi connectivity index (χ0n) is 16.4. The Kier molecular flexibility index (Phi) is 5.16. The number of rotatable bonds is 4. The zero-order valence-corrected chi connectivity index (χ0v) is 18.1. The quantitative estimate of drug-likeness (QED) is 0.541. The molecule has 7 nitrogen and oxygen atoms in total. The lowest BCUT2D eigenvalue weighted by molar-refractivity contribution is -0.121. The summed E-state index contributed by atoms with van der Waals surface area (Å²) in [5, 5.41) is 0.720. The lowest BCUT2D eigenvalue weighted by Gasteiger charge is -2.09. The molecule has 9 heteroatoms. The summed E-state index contributed by atoms with van der Waals surface area (Å²) < 4.78 is 0. The molecule has 0 unspecified atom stereocenters. The maximum atomic E-state index is 12.6. The third-order valence-corrected chi connectivity index (χ3v) is 8.17. The summed E-state index contributed by atoms with van der Waals surface area (Å²) in [6.45, 7) is 0. The fourth-order valence-electron chi connectivity index (χ4n) is 4.25. The van der Waals surface area contributed by atoms with Gasteiger partial charge in [0, 0.05) is 22.6 Å². The molecule has 2 amide bonds. The Labute approximate surface area is 180 Å². The highest BCUT2D eigenvalue weighted by Gasteiger charge is 2.21. The average Bonchev–Trinajstić information content (AvgIpc) is 3.43. The molecule has 0 aliphatic heterocycles.